The van der Waals surface area contributed by atoms with Crippen molar-refractivity contribution in [2.45, 2.75) is 0 Å². The molecule has 1 saturated heterocycles. The molecule has 0 aromatic rings. The van der Waals surface area contributed by atoms with Gasteiger partial charge in [-0.1, -0.05) is 0 Å². The summed E-state index contributed by atoms with van der Waals surface area (Å²) in [4.78, 5) is 0. The number of hydrogen-bond donors (Lipinski definition) is 0. The van der Waals surface area contributed by atoms with Crippen molar-refractivity contribution in [1.82, 2.24) is 8.61 Å². The minimum Gasteiger partial charge on any atom is -0.266 e. The van der Waals surface area contributed by atoms with Crippen LogP contribution in [0.3, 0.4) is 0 Å². The summed E-state index contributed by atoms with van der Waals surface area (Å²) in [5.41, 5.74) is 0. The summed E-state index contributed by atoms with van der Waals surface area (Å²) in [5.74, 6) is 0. The van der Waals surface area contributed by atoms with E-state index in [-0.39, 0.29) is 0 Å². The van der Waals surface area contributed by atoms with Crippen molar-refractivity contribution in [1.29, 1.82) is 0 Å². The molecule has 0 aliphatic carbocycles. The molecule has 86 valence electrons. The predicted molar refractivity (Wildman–Crippen MR) is 63.4 cm³/mol. The van der Waals surface area contributed by atoms with Crippen molar-refractivity contribution in [3.63, 3.8) is 0 Å². The van der Waals surface area contributed by atoms with Gasteiger partial charge in [-0.3, -0.25) is 4.31 Å². The van der Waals surface area contributed by atoms with Crippen LogP contribution in [0.4, 0.5) is 0 Å². The zero-order valence-corrected chi connectivity index (χ0v) is 11.0. The van der Waals surface area contributed by atoms with Crippen molar-refractivity contribution in [2.24, 2.45) is 0 Å². The van der Waals surface area contributed by atoms with Crippen LogP contribution < -0.4 is 0 Å². The van der Waals surface area contributed by atoms with E-state index in [4.69, 9.17) is 0 Å². The quantitative estimate of drug-likeness (QED) is 0.691. The zero-order valence-electron chi connectivity index (χ0n) is 9.36. The maximum Gasteiger partial charge on any atom is 0.211 e. The second-order valence-electron chi connectivity index (χ2n) is 4.36. The van der Waals surface area contributed by atoms with Crippen LogP contribution in [0.25, 0.3) is 0 Å². The van der Waals surface area contributed by atoms with Gasteiger partial charge in [-0.15, -0.1) is 0 Å². The van der Waals surface area contributed by atoms with Crippen LogP contribution in [0.15, 0.2) is 0 Å². The van der Waals surface area contributed by atoms with Gasteiger partial charge in [0.1, 0.15) is 0 Å². The first-order valence-electron chi connectivity index (χ1n) is 4.60. The van der Waals surface area contributed by atoms with Gasteiger partial charge in [0.25, 0.3) is 0 Å². The third-order valence-corrected chi connectivity index (χ3v) is 5.66. The van der Waals surface area contributed by atoms with Gasteiger partial charge in [-0.05, 0) is 18.8 Å². The Kier molecular flexibility index (Phi) is 3.51. The fourth-order valence-corrected chi connectivity index (χ4v) is 3.63. The monoisotopic (exact) mass is 240 g/mol. The molecule has 0 N–H and O–H groups in total. The van der Waals surface area contributed by atoms with Crippen molar-refractivity contribution in [3.8, 4) is 0 Å². The van der Waals surface area contributed by atoms with Crippen LogP contribution in [0, 0.1) is 0 Å². The highest BCUT2D eigenvalue weighted by molar-refractivity contribution is 8.30. The molecule has 0 aromatic heterocycles. The SMILES string of the molecule is CS(C)(C)N1CCN(S(C)(=O)=O)CC1. The van der Waals surface area contributed by atoms with Gasteiger partial charge < -0.3 is 0 Å². The normalized spacial score (nSPS) is 23.7. The third-order valence-electron chi connectivity index (χ3n) is 2.44. The van der Waals surface area contributed by atoms with Crippen molar-refractivity contribution >= 4 is 20.2 Å². The van der Waals surface area contributed by atoms with Crippen LogP contribution in [0.2, 0.25) is 0 Å². The molecule has 1 aliphatic heterocycles. The molecule has 1 fully saturated rings. The van der Waals surface area contributed by atoms with Gasteiger partial charge >= 0.3 is 0 Å². The number of piperazine rings is 1. The molecule has 0 radical (unpaired) electrons. The average Bonchev–Trinajstić information content (AvgIpc) is 2.01. The third kappa shape index (κ3) is 3.12. The summed E-state index contributed by atoms with van der Waals surface area (Å²) in [5, 5.41) is 0. The van der Waals surface area contributed by atoms with E-state index in [0.717, 1.165) is 13.1 Å². The van der Waals surface area contributed by atoms with E-state index in [2.05, 4.69) is 23.1 Å². The lowest BCUT2D eigenvalue weighted by atomic mass is 10.4. The van der Waals surface area contributed by atoms with Crippen LogP contribution in [-0.2, 0) is 10.0 Å². The van der Waals surface area contributed by atoms with E-state index in [9.17, 15) is 8.42 Å². The Morgan fingerprint density at radius 1 is 0.786 bits per heavy atom. The molecule has 1 heterocycles. The Labute approximate surface area is 88.8 Å². The second kappa shape index (κ2) is 4.00. The largest absolute Gasteiger partial charge is 0.266 e. The molecule has 0 aromatic carbocycles. The van der Waals surface area contributed by atoms with Crippen LogP contribution >= 0.6 is 10.2 Å². The highest BCUT2D eigenvalue weighted by Gasteiger charge is 2.26. The topological polar surface area (TPSA) is 40.6 Å². The lowest BCUT2D eigenvalue weighted by Gasteiger charge is -2.44. The Hall–Kier alpha value is 0.220. The molecule has 1 aliphatic rings. The van der Waals surface area contributed by atoms with Crippen molar-refractivity contribution < 1.29 is 8.42 Å². The van der Waals surface area contributed by atoms with Gasteiger partial charge in [0, 0.05) is 26.2 Å². The first kappa shape index (κ1) is 12.3. The molecular formula is C8H20N2O2S2. The highest BCUT2D eigenvalue weighted by Crippen LogP contribution is 2.40. The number of rotatable bonds is 2. The lowest BCUT2D eigenvalue weighted by Crippen LogP contribution is -2.48. The highest BCUT2D eigenvalue weighted by atomic mass is 32.3. The molecule has 4 nitrogen and oxygen atoms in total. The molecule has 0 unspecified atom stereocenters. The van der Waals surface area contributed by atoms with E-state index in [1.54, 1.807) is 4.31 Å². The van der Waals surface area contributed by atoms with Crippen molar-refractivity contribution in [2.75, 3.05) is 51.2 Å². The number of nitrogens with zero attached hydrogens (tertiary/aromatic N) is 2. The van der Waals surface area contributed by atoms with Crippen LogP contribution in [0.1, 0.15) is 0 Å². The Balaban J connectivity index is 2.56. The fourth-order valence-electron chi connectivity index (χ4n) is 1.55. The average molecular weight is 240 g/mol. The first-order valence-corrected chi connectivity index (χ1v) is 9.26. The molecule has 1 rings (SSSR count). The van der Waals surface area contributed by atoms with E-state index in [1.807, 2.05) is 0 Å². The first-order chi connectivity index (χ1) is 6.21. The smallest absolute Gasteiger partial charge is 0.211 e. The Morgan fingerprint density at radius 2 is 1.14 bits per heavy atom. The van der Waals surface area contributed by atoms with Crippen LogP contribution in [0.5, 0.6) is 0 Å². The number of sulfonamides is 1. The van der Waals surface area contributed by atoms with Gasteiger partial charge in [0.15, 0.2) is 0 Å². The summed E-state index contributed by atoms with van der Waals surface area (Å²) in [7, 11) is -3.66. The van der Waals surface area contributed by atoms with E-state index in [1.165, 1.54) is 6.26 Å². The van der Waals surface area contributed by atoms with Crippen molar-refractivity contribution in [3.05, 3.63) is 0 Å². The Morgan fingerprint density at radius 3 is 1.43 bits per heavy atom. The molecule has 0 spiro atoms. The minimum absolute atomic E-state index is 0.642. The molecule has 0 saturated carbocycles. The predicted octanol–water partition coefficient (Wildman–Crippen LogP) is 0.173. The van der Waals surface area contributed by atoms with Gasteiger partial charge in [0.05, 0.1) is 6.26 Å². The molecule has 6 heteroatoms. The lowest BCUT2D eigenvalue weighted by molar-refractivity contribution is 0.287. The fraction of sp³-hybridized carbons (Fsp3) is 1.00. The maximum atomic E-state index is 11.3. The maximum absolute atomic E-state index is 11.3. The van der Waals surface area contributed by atoms with Crippen LogP contribution in [-0.4, -0.2) is 68.2 Å². The van der Waals surface area contributed by atoms with E-state index >= 15 is 0 Å². The second-order valence-corrected chi connectivity index (χ2v) is 10.4. The van der Waals surface area contributed by atoms with Gasteiger partial charge in [-0.2, -0.15) is 14.5 Å². The van der Waals surface area contributed by atoms with Gasteiger partial charge in [-0.25, -0.2) is 8.42 Å². The molecule has 14 heavy (non-hydrogen) atoms. The summed E-state index contributed by atoms with van der Waals surface area (Å²) in [6.45, 7) is 3.02. The molecular weight excluding hydrogens is 220 g/mol. The summed E-state index contributed by atoms with van der Waals surface area (Å²) in [6.07, 6.45) is 8.00. The standard InChI is InChI=1S/C8H20N2O2S2/c1-13(2,3)9-5-7-10(8-6-9)14(4,11)12/h5-8H2,1-4H3. The molecule has 0 bridgehead atoms. The minimum atomic E-state index is -2.98. The molecule has 0 amide bonds. The molecule has 0 atom stereocenters. The van der Waals surface area contributed by atoms with E-state index in [0.29, 0.717) is 13.1 Å². The Bertz CT molecular complexity index is 287. The summed E-state index contributed by atoms with van der Waals surface area (Å²) in [6, 6.07) is 0. The van der Waals surface area contributed by atoms with Gasteiger partial charge in [0.2, 0.25) is 10.0 Å². The number of hydrogen-bond acceptors (Lipinski definition) is 3. The van der Waals surface area contributed by atoms with E-state index < -0.39 is 20.2 Å². The summed E-state index contributed by atoms with van der Waals surface area (Å²) >= 11 is 0. The zero-order chi connectivity index (χ0) is 11.0. The summed E-state index contributed by atoms with van der Waals surface area (Å²) < 4.78 is 26.5.